The standard InChI is InChI=1S/C9H8F2N2O5/c1-2-18-9(15)5-4(13(16)17)3-12-8(14)6(5)7(10)11/h3,7H,2H2,1H3,(H,12,14). The van der Waals surface area contributed by atoms with E-state index < -0.39 is 39.7 Å². The molecule has 1 aromatic rings. The highest BCUT2D eigenvalue weighted by molar-refractivity contribution is 5.95. The molecule has 18 heavy (non-hydrogen) atoms. The molecule has 1 heterocycles. The van der Waals surface area contributed by atoms with Gasteiger partial charge in [0.25, 0.3) is 12.0 Å². The molecule has 0 radical (unpaired) electrons. The number of H-pyrrole nitrogens is 1. The number of aromatic nitrogens is 1. The third-order valence-corrected chi connectivity index (χ3v) is 2.00. The molecule has 0 fully saturated rings. The third kappa shape index (κ3) is 2.50. The predicted molar refractivity (Wildman–Crippen MR) is 54.6 cm³/mol. The number of ether oxygens (including phenoxy) is 1. The number of pyridine rings is 1. The third-order valence-electron chi connectivity index (χ3n) is 2.00. The van der Waals surface area contributed by atoms with Crippen molar-refractivity contribution in [1.29, 1.82) is 0 Å². The van der Waals surface area contributed by atoms with Crippen LogP contribution in [0.15, 0.2) is 11.0 Å². The van der Waals surface area contributed by atoms with Crippen molar-refractivity contribution in [2.24, 2.45) is 0 Å². The minimum absolute atomic E-state index is 0.161. The van der Waals surface area contributed by atoms with Crippen LogP contribution < -0.4 is 5.56 Å². The van der Waals surface area contributed by atoms with Gasteiger partial charge in [-0.15, -0.1) is 0 Å². The Bertz CT molecular complexity index is 540. The lowest BCUT2D eigenvalue weighted by atomic mass is 10.1. The van der Waals surface area contributed by atoms with Crippen molar-refractivity contribution in [3.05, 3.63) is 37.8 Å². The first-order valence-corrected chi connectivity index (χ1v) is 4.75. The number of halogens is 2. The SMILES string of the molecule is CCOC(=O)c1c([N+](=O)[O-])c[nH]c(=O)c1C(F)F. The zero-order chi connectivity index (χ0) is 13.9. The maximum Gasteiger partial charge on any atom is 0.345 e. The lowest BCUT2D eigenvalue weighted by Gasteiger charge is -2.07. The summed E-state index contributed by atoms with van der Waals surface area (Å²) in [5.74, 6) is -1.33. The summed E-state index contributed by atoms with van der Waals surface area (Å²) < 4.78 is 29.8. The Balaban J connectivity index is 3.58. The monoisotopic (exact) mass is 262 g/mol. The van der Waals surface area contributed by atoms with Crippen LogP contribution in [0.2, 0.25) is 0 Å². The Morgan fingerprint density at radius 2 is 2.22 bits per heavy atom. The second kappa shape index (κ2) is 5.34. The van der Waals surface area contributed by atoms with E-state index in [1.807, 2.05) is 0 Å². The molecule has 98 valence electrons. The van der Waals surface area contributed by atoms with Gasteiger partial charge >= 0.3 is 11.7 Å². The molecule has 1 aromatic heterocycles. The molecule has 1 rings (SSSR count). The minimum atomic E-state index is -3.33. The van der Waals surface area contributed by atoms with Crippen molar-refractivity contribution in [2.45, 2.75) is 13.3 Å². The van der Waals surface area contributed by atoms with Gasteiger partial charge in [0.2, 0.25) is 0 Å². The number of alkyl halides is 2. The van der Waals surface area contributed by atoms with Gasteiger partial charge < -0.3 is 9.72 Å². The summed E-state index contributed by atoms with van der Waals surface area (Å²) in [6.07, 6.45) is -2.74. The summed E-state index contributed by atoms with van der Waals surface area (Å²) in [4.78, 5) is 34.0. The lowest BCUT2D eigenvalue weighted by molar-refractivity contribution is -0.385. The second-order valence-electron chi connectivity index (χ2n) is 3.07. The largest absolute Gasteiger partial charge is 0.462 e. The number of esters is 1. The fourth-order valence-corrected chi connectivity index (χ4v) is 1.31. The number of carbonyl (C=O) groups is 1. The maximum absolute atomic E-state index is 12.7. The van der Waals surface area contributed by atoms with Crippen LogP contribution in [0.25, 0.3) is 0 Å². The predicted octanol–water partition coefficient (Wildman–Crippen LogP) is 1.40. The van der Waals surface area contributed by atoms with E-state index in [-0.39, 0.29) is 6.61 Å². The molecule has 0 aliphatic heterocycles. The first-order valence-electron chi connectivity index (χ1n) is 4.75. The number of hydrogen-bond donors (Lipinski definition) is 1. The lowest BCUT2D eigenvalue weighted by Crippen LogP contribution is -2.21. The van der Waals surface area contributed by atoms with E-state index in [4.69, 9.17) is 0 Å². The van der Waals surface area contributed by atoms with Crippen molar-refractivity contribution in [3.63, 3.8) is 0 Å². The molecule has 0 saturated carbocycles. The molecule has 7 nitrogen and oxygen atoms in total. The first-order chi connectivity index (χ1) is 8.40. The van der Waals surface area contributed by atoms with Crippen LogP contribution in [0.4, 0.5) is 14.5 Å². The molecule has 0 saturated heterocycles. The van der Waals surface area contributed by atoms with Gasteiger partial charge in [-0.1, -0.05) is 0 Å². The normalized spacial score (nSPS) is 10.4. The Morgan fingerprint density at radius 3 is 2.67 bits per heavy atom. The highest BCUT2D eigenvalue weighted by atomic mass is 19.3. The summed E-state index contributed by atoms with van der Waals surface area (Å²) >= 11 is 0. The Hall–Kier alpha value is -2.32. The molecule has 1 N–H and O–H groups in total. The van der Waals surface area contributed by atoms with E-state index in [9.17, 15) is 28.5 Å². The van der Waals surface area contributed by atoms with Crippen LogP contribution >= 0.6 is 0 Å². The van der Waals surface area contributed by atoms with Gasteiger partial charge in [0.15, 0.2) is 5.56 Å². The topological polar surface area (TPSA) is 102 Å². The van der Waals surface area contributed by atoms with Crippen molar-refractivity contribution in [1.82, 2.24) is 4.98 Å². The van der Waals surface area contributed by atoms with Crippen molar-refractivity contribution in [3.8, 4) is 0 Å². The van der Waals surface area contributed by atoms with E-state index >= 15 is 0 Å². The molecule has 0 aromatic carbocycles. The minimum Gasteiger partial charge on any atom is -0.462 e. The Morgan fingerprint density at radius 1 is 1.61 bits per heavy atom. The zero-order valence-electron chi connectivity index (χ0n) is 9.11. The Labute approximate surface area is 98.5 Å². The number of nitrogens with zero attached hydrogens (tertiary/aromatic N) is 1. The number of rotatable bonds is 4. The summed E-state index contributed by atoms with van der Waals surface area (Å²) in [5.41, 5.74) is -4.47. The van der Waals surface area contributed by atoms with Gasteiger partial charge in [-0.25, -0.2) is 13.6 Å². The first kappa shape index (κ1) is 13.7. The van der Waals surface area contributed by atoms with Gasteiger partial charge in [-0.3, -0.25) is 14.9 Å². The molecule has 0 aliphatic carbocycles. The highest BCUT2D eigenvalue weighted by Crippen LogP contribution is 2.26. The molecule has 0 unspecified atom stereocenters. The molecule has 0 spiro atoms. The molecular weight excluding hydrogens is 254 g/mol. The quantitative estimate of drug-likeness (QED) is 0.502. The zero-order valence-corrected chi connectivity index (χ0v) is 9.11. The molecule has 0 bridgehead atoms. The summed E-state index contributed by atoms with van der Waals surface area (Å²) in [6, 6.07) is 0. The van der Waals surface area contributed by atoms with Gasteiger partial charge in [-0.2, -0.15) is 0 Å². The number of aromatic amines is 1. The fourth-order valence-electron chi connectivity index (χ4n) is 1.31. The van der Waals surface area contributed by atoms with E-state index in [1.165, 1.54) is 6.92 Å². The van der Waals surface area contributed by atoms with Crippen LogP contribution in [0.5, 0.6) is 0 Å². The smallest absolute Gasteiger partial charge is 0.345 e. The van der Waals surface area contributed by atoms with E-state index in [2.05, 4.69) is 4.74 Å². The van der Waals surface area contributed by atoms with Crippen molar-refractivity contribution >= 4 is 11.7 Å². The van der Waals surface area contributed by atoms with E-state index in [1.54, 1.807) is 4.98 Å². The number of nitro groups is 1. The molecule has 9 heteroatoms. The number of hydrogen-bond acceptors (Lipinski definition) is 5. The molecular formula is C9H8F2N2O5. The fraction of sp³-hybridized carbons (Fsp3) is 0.333. The van der Waals surface area contributed by atoms with Crippen molar-refractivity contribution < 1.29 is 23.2 Å². The highest BCUT2D eigenvalue weighted by Gasteiger charge is 2.32. The van der Waals surface area contributed by atoms with E-state index in [0.29, 0.717) is 6.20 Å². The van der Waals surface area contributed by atoms with Gasteiger partial charge in [0.05, 0.1) is 17.7 Å². The average Bonchev–Trinajstić information content (AvgIpc) is 2.27. The maximum atomic E-state index is 12.7. The van der Waals surface area contributed by atoms with Crippen LogP contribution in [0.1, 0.15) is 29.3 Å². The van der Waals surface area contributed by atoms with Crippen molar-refractivity contribution in [2.75, 3.05) is 6.61 Å². The summed E-state index contributed by atoms with van der Waals surface area (Å²) in [6.45, 7) is 1.24. The molecule has 0 aliphatic rings. The van der Waals surface area contributed by atoms with Gasteiger partial charge in [0.1, 0.15) is 5.56 Å². The van der Waals surface area contributed by atoms with Crippen LogP contribution in [0.3, 0.4) is 0 Å². The summed E-state index contributed by atoms with van der Waals surface area (Å²) in [5, 5.41) is 10.6. The van der Waals surface area contributed by atoms with E-state index in [0.717, 1.165) is 0 Å². The van der Waals surface area contributed by atoms with Gasteiger partial charge in [-0.05, 0) is 6.92 Å². The second-order valence-corrected chi connectivity index (χ2v) is 3.07. The van der Waals surface area contributed by atoms with Crippen LogP contribution in [-0.2, 0) is 4.74 Å². The number of carbonyl (C=O) groups excluding carboxylic acids is 1. The summed E-state index contributed by atoms with van der Waals surface area (Å²) in [7, 11) is 0. The van der Waals surface area contributed by atoms with Crippen LogP contribution in [0, 0.1) is 10.1 Å². The molecule has 0 amide bonds. The molecule has 0 atom stereocenters. The Kier molecular flexibility index (Phi) is 4.08. The average molecular weight is 262 g/mol. The number of nitrogens with one attached hydrogen (secondary N) is 1. The van der Waals surface area contributed by atoms with Gasteiger partial charge in [0, 0.05) is 0 Å². The van der Waals surface area contributed by atoms with Crippen LogP contribution in [-0.4, -0.2) is 22.5 Å².